The van der Waals surface area contributed by atoms with Crippen molar-refractivity contribution in [2.24, 2.45) is 0 Å². The summed E-state index contributed by atoms with van der Waals surface area (Å²) >= 11 is 0. The van der Waals surface area contributed by atoms with E-state index in [0.29, 0.717) is 35.2 Å². The number of phenols is 1. The minimum atomic E-state index is -0.892. The lowest BCUT2D eigenvalue weighted by molar-refractivity contribution is -0.136. The van der Waals surface area contributed by atoms with Crippen molar-refractivity contribution in [2.75, 3.05) is 11.9 Å². The van der Waals surface area contributed by atoms with Gasteiger partial charge in [-0.2, -0.15) is 0 Å². The first-order chi connectivity index (χ1) is 16.4. The van der Waals surface area contributed by atoms with Crippen molar-refractivity contribution in [1.82, 2.24) is 10.3 Å². The molecule has 0 fully saturated rings. The molecule has 2 amide bonds. The van der Waals surface area contributed by atoms with Crippen LogP contribution < -0.4 is 15.4 Å². The molecule has 0 atom stereocenters. The molecule has 0 saturated carbocycles. The lowest BCUT2D eigenvalue weighted by atomic mass is 10.1. The normalized spacial score (nSPS) is 10.6. The number of aromatic nitrogens is 1. The molecule has 34 heavy (non-hydrogen) atoms. The second-order valence-corrected chi connectivity index (χ2v) is 7.66. The van der Waals surface area contributed by atoms with E-state index >= 15 is 0 Å². The number of benzene rings is 3. The van der Waals surface area contributed by atoms with Crippen molar-refractivity contribution in [3.63, 3.8) is 0 Å². The Bertz CT molecular complexity index is 1360. The molecule has 3 aromatic carbocycles. The molecule has 0 aliphatic carbocycles. The topological polar surface area (TPSA) is 101 Å². The molecule has 0 radical (unpaired) electrons. The highest BCUT2D eigenvalue weighted by atomic mass is 19.1. The Balaban J connectivity index is 1.39. The summed E-state index contributed by atoms with van der Waals surface area (Å²) in [6, 6.07) is 18.2. The average molecular weight is 459 g/mol. The standard InChI is InChI=1S/C26H22FN3O4/c1-16-13-19-21(15-22(16)31)28-12-10-23(19)34-24-8-7-18(14-20(24)27)30-26(33)25(32)29-11-9-17-5-3-2-4-6-17/h2-8,10,12-15,31H,9,11H2,1H3,(H,29,32)(H,30,33). The summed E-state index contributed by atoms with van der Waals surface area (Å²) in [5, 5.41) is 15.4. The van der Waals surface area contributed by atoms with Gasteiger partial charge in [0.2, 0.25) is 0 Å². The molecule has 0 spiro atoms. The van der Waals surface area contributed by atoms with Gasteiger partial charge in [0.1, 0.15) is 11.5 Å². The van der Waals surface area contributed by atoms with Crippen LogP contribution in [0.3, 0.4) is 0 Å². The Morgan fingerprint density at radius 1 is 1.00 bits per heavy atom. The number of carbonyl (C=O) groups is 2. The molecule has 3 N–H and O–H groups in total. The van der Waals surface area contributed by atoms with Crippen molar-refractivity contribution in [3.8, 4) is 17.2 Å². The molecule has 1 aromatic heterocycles. The third-order valence-electron chi connectivity index (χ3n) is 5.18. The molecule has 0 bridgehead atoms. The van der Waals surface area contributed by atoms with Crippen LogP contribution in [0.15, 0.2) is 72.9 Å². The van der Waals surface area contributed by atoms with E-state index in [9.17, 15) is 19.1 Å². The number of halogens is 1. The van der Waals surface area contributed by atoms with Crippen molar-refractivity contribution >= 4 is 28.4 Å². The number of anilines is 1. The number of amides is 2. The van der Waals surface area contributed by atoms with Crippen LogP contribution in [0.25, 0.3) is 10.9 Å². The Morgan fingerprint density at radius 3 is 2.56 bits per heavy atom. The highest BCUT2D eigenvalue weighted by Crippen LogP contribution is 2.34. The molecule has 0 aliphatic heterocycles. The van der Waals surface area contributed by atoms with Gasteiger partial charge in [0.05, 0.1) is 5.52 Å². The zero-order valence-corrected chi connectivity index (χ0v) is 18.3. The maximum atomic E-state index is 14.7. The third kappa shape index (κ3) is 5.29. The van der Waals surface area contributed by atoms with E-state index in [2.05, 4.69) is 15.6 Å². The van der Waals surface area contributed by atoms with Crippen LogP contribution in [0.4, 0.5) is 10.1 Å². The Kier molecular flexibility index (Phi) is 6.68. The monoisotopic (exact) mass is 459 g/mol. The first-order valence-corrected chi connectivity index (χ1v) is 10.6. The van der Waals surface area contributed by atoms with Gasteiger partial charge in [0.15, 0.2) is 11.6 Å². The maximum absolute atomic E-state index is 14.7. The van der Waals surface area contributed by atoms with E-state index in [1.165, 1.54) is 24.4 Å². The van der Waals surface area contributed by atoms with Gasteiger partial charge >= 0.3 is 11.8 Å². The van der Waals surface area contributed by atoms with Crippen LogP contribution in [0, 0.1) is 12.7 Å². The van der Waals surface area contributed by atoms with Gasteiger partial charge in [0.25, 0.3) is 0 Å². The third-order valence-corrected chi connectivity index (χ3v) is 5.18. The van der Waals surface area contributed by atoms with E-state index in [4.69, 9.17) is 4.74 Å². The van der Waals surface area contributed by atoms with Crippen molar-refractivity contribution in [2.45, 2.75) is 13.3 Å². The van der Waals surface area contributed by atoms with Gasteiger partial charge < -0.3 is 20.5 Å². The summed E-state index contributed by atoms with van der Waals surface area (Å²) in [7, 11) is 0. The second-order valence-electron chi connectivity index (χ2n) is 7.66. The summed E-state index contributed by atoms with van der Waals surface area (Å²) in [5.41, 5.74) is 2.29. The molecule has 7 nitrogen and oxygen atoms in total. The highest BCUT2D eigenvalue weighted by molar-refractivity contribution is 6.39. The van der Waals surface area contributed by atoms with Crippen LogP contribution in [0.1, 0.15) is 11.1 Å². The number of carbonyl (C=O) groups excluding carboxylic acids is 2. The molecular formula is C26H22FN3O4. The van der Waals surface area contributed by atoms with Gasteiger partial charge in [0, 0.05) is 35.9 Å². The van der Waals surface area contributed by atoms with E-state index in [1.54, 1.807) is 19.1 Å². The minimum absolute atomic E-state index is 0.0662. The lowest BCUT2D eigenvalue weighted by Crippen LogP contribution is -2.36. The maximum Gasteiger partial charge on any atom is 0.313 e. The summed E-state index contributed by atoms with van der Waals surface area (Å²) in [6.45, 7) is 2.04. The van der Waals surface area contributed by atoms with Gasteiger partial charge in [-0.3, -0.25) is 14.6 Å². The first kappa shape index (κ1) is 22.7. The smallest absolute Gasteiger partial charge is 0.313 e. The number of pyridine rings is 1. The fourth-order valence-electron chi connectivity index (χ4n) is 3.37. The minimum Gasteiger partial charge on any atom is -0.508 e. The van der Waals surface area contributed by atoms with Crippen molar-refractivity contribution in [3.05, 3.63) is 89.9 Å². The zero-order chi connectivity index (χ0) is 24.1. The number of hydrogen-bond donors (Lipinski definition) is 3. The predicted molar refractivity (Wildman–Crippen MR) is 126 cm³/mol. The first-order valence-electron chi connectivity index (χ1n) is 10.6. The molecule has 172 valence electrons. The van der Waals surface area contributed by atoms with Crippen molar-refractivity contribution in [1.29, 1.82) is 0 Å². The zero-order valence-electron chi connectivity index (χ0n) is 18.3. The van der Waals surface area contributed by atoms with Crippen LogP contribution in [-0.2, 0) is 16.0 Å². The molecular weight excluding hydrogens is 437 g/mol. The highest BCUT2D eigenvalue weighted by Gasteiger charge is 2.15. The Morgan fingerprint density at radius 2 is 1.79 bits per heavy atom. The summed E-state index contributed by atoms with van der Waals surface area (Å²) in [5.74, 6) is -2.02. The molecule has 0 saturated heterocycles. The fourth-order valence-corrected chi connectivity index (χ4v) is 3.37. The van der Waals surface area contributed by atoms with Crippen LogP contribution in [0.2, 0.25) is 0 Å². The Hall–Kier alpha value is -4.46. The van der Waals surface area contributed by atoms with E-state index < -0.39 is 17.6 Å². The SMILES string of the molecule is Cc1cc2c(Oc3ccc(NC(=O)C(=O)NCCc4ccccc4)cc3F)ccnc2cc1O. The molecule has 1 heterocycles. The molecule has 0 unspecified atom stereocenters. The number of rotatable bonds is 6. The second kappa shape index (κ2) is 9.99. The predicted octanol–water partition coefficient (Wildman–Crippen LogP) is 4.48. The van der Waals surface area contributed by atoms with Crippen LogP contribution in [0.5, 0.6) is 17.2 Å². The summed E-state index contributed by atoms with van der Waals surface area (Å²) in [4.78, 5) is 28.4. The largest absolute Gasteiger partial charge is 0.508 e. The number of ether oxygens (including phenoxy) is 1. The van der Waals surface area contributed by atoms with Gasteiger partial charge in [-0.05, 0) is 48.7 Å². The number of fused-ring (bicyclic) bond motifs is 1. The number of nitrogens with one attached hydrogen (secondary N) is 2. The van der Waals surface area contributed by atoms with Gasteiger partial charge in [-0.1, -0.05) is 30.3 Å². The molecule has 4 rings (SSSR count). The fraction of sp³-hybridized carbons (Fsp3) is 0.115. The molecule has 8 heteroatoms. The number of aromatic hydroxyl groups is 1. The van der Waals surface area contributed by atoms with E-state index in [0.717, 1.165) is 11.6 Å². The lowest BCUT2D eigenvalue weighted by Gasteiger charge is -2.12. The van der Waals surface area contributed by atoms with E-state index in [-0.39, 0.29) is 17.2 Å². The Labute approximate surface area is 195 Å². The number of nitrogens with zero attached hydrogens (tertiary/aromatic N) is 1. The van der Waals surface area contributed by atoms with Gasteiger partial charge in [-0.25, -0.2) is 4.39 Å². The van der Waals surface area contributed by atoms with Crippen molar-refractivity contribution < 1.29 is 23.8 Å². The summed E-state index contributed by atoms with van der Waals surface area (Å²) in [6.07, 6.45) is 2.08. The van der Waals surface area contributed by atoms with Crippen LogP contribution >= 0.6 is 0 Å². The number of hydrogen-bond acceptors (Lipinski definition) is 5. The number of aryl methyl sites for hydroxylation is 1. The summed E-state index contributed by atoms with van der Waals surface area (Å²) < 4.78 is 20.4. The van der Waals surface area contributed by atoms with Crippen LogP contribution in [-0.4, -0.2) is 28.4 Å². The quantitative estimate of drug-likeness (QED) is 0.369. The number of phenolic OH excluding ortho intramolecular Hbond substituents is 1. The average Bonchev–Trinajstić information content (AvgIpc) is 2.82. The van der Waals surface area contributed by atoms with Gasteiger partial charge in [-0.15, -0.1) is 0 Å². The molecule has 0 aliphatic rings. The van der Waals surface area contributed by atoms with E-state index in [1.807, 2.05) is 30.3 Å². The molecule has 4 aromatic rings.